The summed E-state index contributed by atoms with van der Waals surface area (Å²) in [5, 5.41) is 23.9. The quantitative estimate of drug-likeness (QED) is 0.534. The minimum atomic E-state index is -3.89. The van der Waals surface area contributed by atoms with Gasteiger partial charge in [0.25, 0.3) is 5.69 Å². The maximum Gasteiger partial charge on any atom is 0.284 e. The van der Waals surface area contributed by atoms with Crippen molar-refractivity contribution < 1.29 is 13.3 Å². The lowest BCUT2D eigenvalue weighted by Gasteiger charge is -2.22. The predicted octanol–water partition coefficient (Wildman–Crippen LogP) is 3.31. The monoisotopic (exact) mass is 440 g/mol. The Morgan fingerprint density at radius 1 is 1.24 bits per heavy atom. The molecule has 0 unspecified atom stereocenters. The van der Waals surface area contributed by atoms with Crippen LogP contribution in [0.3, 0.4) is 0 Å². The van der Waals surface area contributed by atoms with Gasteiger partial charge >= 0.3 is 0 Å². The summed E-state index contributed by atoms with van der Waals surface area (Å²) in [4.78, 5) is 11.2. The Kier molecular flexibility index (Phi) is 6.24. The molecule has 1 heterocycles. The van der Waals surface area contributed by atoms with E-state index in [4.69, 9.17) is 0 Å². The summed E-state index contributed by atoms with van der Waals surface area (Å²) in [7, 11) is -3.89. The van der Waals surface area contributed by atoms with Crippen LogP contribution < -0.4 is 4.72 Å². The SMILES string of the molecule is CC(C)(C)NS(=O)(=O)c1ccc(Sc2nnnn2C2CCCCC2)c([N+](=O)[O-])c1. The van der Waals surface area contributed by atoms with Gasteiger partial charge < -0.3 is 0 Å². The average molecular weight is 441 g/mol. The molecule has 158 valence electrons. The fraction of sp³-hybridized carbons (Fsp3) is 0.588. The Balaban J connectivity index is 1.91. The summed E-state index contributed by atoms with van der Waals surface area (Å²) in [5.74, 6) is 0. The van der Waals surface area contributed by atoms with E-state index < -0.39 is 20.5 Å². The van der Waals surface area contributed by atoms with Gasteiger partial charge in [0.05, 0.1) is 20.8 Å². The number of nitrogens with one attached hydrogen (secondary N) is 1. The van der Waals surface area contributed by atoms with Gasteiger partial charge in [0.15, 0.2) is 0 Å². The fourth-order valence-corrected chi connectivity index (χ4v) is 5.63. The molecular weight excluding hydrogens is 416 g/mol. The molecule has 29 heavy (non-hydrogen) atoms. The Morgan fingerprint density at radius 2 is 1.93 bits per heavy atom. The molecule has 1 aromatic heterocycles. The smallest absolute Gasteiger partial charge is 0.258 e. The third-order valence-corrected chi connectivity index (χ3v) is 7.23. The van der Waals surface area contributed by atoms with Gasteiger partial charge in [-0.2, -0.15) is 0 Å². The van der Waals surface area contributed by atoms with Crippen molar-refractivity contribution in [1.82, 2.24) is 24.9 Å². The standard InChI is InChI=1S/C17H24N6O4S2/c1-17(2,3)19-29(26,27)13-9-10-15(14(11-13)23(24)25)28-16-18-20-21-22(16)12-7-5-4-6-8-12/h9-12,19H,4-8H2,1-3H3. The van der Waals surface area contributed by atoms with Crippen molar-refractivity contribution in [3.05, 3.63) is 28.3 Å². The molecule has 0 amide bonds. The molecule has 1 fully saturated rings. The normalized spacial score (nSPS) is 16.1. The van der Waals surface area contributed by atoms with Crippen LogP contribution in [0.4, 0.5) is 5.69 Å². The van der Waals surface area contributed by atoms with Crippen molar-refractivity contribution >= 4 is 27.5 Å². The molecule has 1 aliphatic rings. The molecule has 1 aromatic carbocycles. The number of nitro groups is 1. The van der Waals surface area contributed by atoms with Crippen molar-refractivity contribution in [3.8, 4) is 0 Å². The van der Waals surface area contributed by atoms with E-state index in [-0.39, 0.29) is 21.5 Å². The largest absolute Gasteiger partial charge is 0.284 e. The zero-order valence-electron chi connectivity index (χ0n) is 16.5. The number of nitro benzene ring substituents is 1. The first-order valence-corrected chi connectivity index (χ1v) is 11.6. The van der Waals surface area contributed by atoms with Gasteiger partial charge in [0.2, 0.25) is 15.2 Å². The number of tetrazole rings is 1. The Morgan fingerprint density at radius 3 is 2.55 bits per heavy atom. The summed E-state index contributed by atoms with van der Waals surface area (Å²) in [5.41, 5.74) is -1.01. The van der Waals surface area contributed by atoms with Crippen LogP contribution in [0, 0.1) is 10.1 Å². The van der Waals surface area contributed by atoms with Crippen LogP contribution in [0.25, 0.3) is 0 Å². The number of aromatic nitrogens is 4. The predicted molar refractivity (Wildman–Crippen MR) is 107 cm³/mol. The van der Waals surface area contributed by atoms with E-state index in [0.717, 1.165) is 43.5 Å². The summed E-state index contributed by atoms with van der Waals surface area (Å²) in [6, 6.07) is 4.04. The molecule has 0 spiro atoms. The number of benzene rings is 1. The first-order chi connectivity index (χ1) is 13.6. The molecule has 0 saturated heterocycles. The van der Waals surface area contributed by atoms with Crippen LogP contribution in [0.2, 0.25) is 0 Å². The second-order valence-electron chi connectivity index (χ2n) is 8.04. The number of hydrogen-bond donors (Lipinski definition) is 1. The molecule has 1 aliphatic carbocycles. The topological polar surface area (TPSA) is 133 Å². The van der Waals surface area contributed by atoms with Crippen molar-refractivity contribution in [2.75, 3.05) is 0 Å². The van der Waals surface area contributed by atoms with Crippen molar-refractivity contribution in [2.45, 2.75) is 79.4 Å². The van der Waals surface area contributed by atoms with E-state index in [1.165, 1.54) is 18.6 Å². The number of rotatable bonds is 6. The third-order valence-electron chi connectivity index (χ3n) is 4.46. The van der Waals surface area contributed by atoms with E-state index in [1.54, 1.807) is 25.5 Å². The Labute approximate surface area is 173 Å². The molecule has 0 aliphatic heterocycles. The van der Waals surface area contributed by atoms with Gasteiger partial charge in [-0.05, 0) is 67.9 Å². The van der Waals surface area contributed by atoms with Gasteiger partial charge in [0, 0.05) is 11.6 Å². The zero-order chi connectivity index (χ0) is 21.2. The minimum absolute atomic E-state index is 0.157. The molecule has 0 atom stereocenters. The Hall–Kier alpha value is -2.05. The van der Waals surface area contributed by atoms with Crippen LogP contribution in [0.1, 0.15) is 58.9 Å². The molecule has 1 N–H and O–H groups in total. The molecule has 12 heteroatoms. The van der Waals surface area contributed by atoms with Crippen LogP contribution in [-0.4, -0.2) is 39.1 Å². The molecule has 3 rings (SSSR count). The van der Waals surface area contributed by atoms with Gasteiger partial charge in [-0.3, -0.25) is 10.1 Å². The highest BCUT2D eigenvalue weighted by Crippen LogP contribution is 2.37. The highest BCUT2D eigenvalue weighted by atomic mass is 32.2. The van der Waals surface area contributed by atoms with E-state index in [0.29, 0.717) is 5.16 Å². The summed E-state index contributed by atoms with van der Waals surface area (Å²) in [6.45, 7) is 5.11. The van der Waals surface area contributed by atoms with Crippen LogP contribution in [-0.2, 0) is 10.0 Å². The second kappa shape index (κ2) is 8.36. The molecule has 2 aromatic rings. The lowest BCUT2D eigenvalue weighted by Crippen LogP contribution is -2.40. The number of sulfonamides is 1. The molecule has 0 bridgehead atoms. The molecule has 1 saturated carbocycles. The number of nitrogens with zero attached hydrogens (tertiary/aromatic N) is 5. The van der Waals surface area contributed by atoms with E-state index in [1.807, 2.05) is 0 Å². The van der Waals surface area contributed by atoms with Crippen molar-refractivity contribution in [3.63, 3.8) is 0 Å². The first kappa shape index (κ1) is 21.7. The maximum absolute atomic E-state index is 12.5. The van der Waals surface area contributed by atoms with Crippen LogP contribution in [0.5, 0.6) is 0 Å². The lowest BCUT2D eigenvalue weighted by molar-refractivity contribution is -0.388. The highest BCUT2D eigenvalue weighted by molar-refractivity contribution is 7.99. The highest BCUT2D eigenvalue weighted by Gasteiger charge is 2.27. The van der Waals surface area contributed by atoms with E-state index in [9.17, 15) is 18.5 Å². The first-order valence-electron chi connectivity index (χ1n) is 9.35. The van der Waals surface area contributed by atoms with Crippen molar-refractivity contribution in [2.24, 2.45) is 0 Å². The minimum Gasteiger partial charge on any atom is -0.258 e. The van der Waals surface area contributed by atoms with Gasteiger partial charge in [-0.15, -0.1) is 5.10 Å². The van der Waals surface area contributed by atoms with Crippen LogP contribution >= 0.6 is 11.8 Å². The Bertz CT molecular complexity index is 994. The van der Waals surface area contributed by atoms with E-state index >= 15 is 0 Å². The second-order valence-corrected chi connectivity index (χ2v) is 10.7. The van der Waals surface area contributed by atoms with Gasteiger partial charge in [-0.25, -0.2) is 17.8 Å². The van der Waals surface area contributed by atoms with Gasteiger partial charge in [0.1, 0.15) is 0 Å². The average Bonchev–Trinajstić information content (AvgIpc) is 3.08. The van der Waals surface area contributed by atoms with Gasteiger partial charge in [-0.1, -0.05) is 19.3 Å². The summed E-state index contributed by atoms with van der Waals surface area (Å²) < 4.78 is 29.3. The molecule has 10 nitrogen and oxygen atoms in total. The summed E-state index contributed by atoms with van der Waals surface area (Å²) in [6.07, 6.45) is 5.32. The zero-order valence-corrected chi connectivity index (χ0v) is 18.2. The van der Waals surface area contributed by atoms with Crippen LogP contribution in [0.15, 0.2) is 33.1 Å². The summed E-state index contributed by atoms with van der Waals surface area (Å²) >= 11 is 1.07. The number of hydrogen-bond acceptors (Lipinski definition) is 8. The molecular formula is C17H24N6O4S2. The van der Waals surface area contributed by atoms with Crippen molar-refractivity contribution in [1.29, 1.82) is 0 Å². The molecule has 0 radical (unpaired) electrons. The maximum atomic E-state index is 12.5. The van der Waals surface area contributed by atoms with E-state index in [2.05, 4.69) is 20.2 Å². The lowest BCUT2D eigenvalue weighted by atomic mass is 9.96. The third kappa shape index (κ3) is 5.31. The fourth-order valence-electron chi connectivity index (χ4n) is 3.26.